The average Bonchev–Trinajstić information content (AvgIpc) is 3.49. The van der Waals surface area contributed by atoms with E-state index >= 15 is 0 Å². The van der Waals surface area contributed by atoms with E-state index in [2.05, 4.69) is 27.2 Å². The van der Waals surface area contributed by atoms with Crippen LogP contribution in [0.5, 0.6) is 0 Å². The average molecular weight is 324 g/mol. The fraction of sp³-hybridized carbons (Fsp3) is 0.579. The van der Waals surface area contributed by atoms with Crippen molar-refractivity contribution >= 4 is 5.91 Å². The van der Waals surface area contributed by atoms with Gasteiger partial charge in [0.1, 0.15) is 0 Å². The van der Waals surface area contributed by atoms with Crippen LogP contribution in [0.1, 0.15) is 49.8 Å². The van der Waals surface area contributed by atoms with E-state index in [0.717, 1.165) is 24.2 Å². The minimum Gasteiger partial charge on any atom is -0.338 e. The maximum atomic E-state index is 12.7. The van der Waals surface area contributed by atoms with Crippen LogP contribution in [0.25, 0.3) is 0 Å². The molecule has 1 saturated carbocycles. The number of aryl methyl sites for hydroxylation is 1. The van der Waals surface area contributed by atoms with Crippen LogP contribution in [0.3, 0.4) is 0 Å². The molecule has 2 aliphatic rings. The normalized spacial score (nSPS) is 17.3. The molecule has 0 aromatic carbocycles. The molecule has 1 aliphatic carbocycles. The fourth-order valence-corrected chi connectivity index (χ4v) is 2.81. The first-order chi connectivity index (χ1) is 11.6. The number of amides is 1. The Morgan fingerprint density at radius 3 is 2.75 bits per heavy atom. The second-order valence-corrected chi connectivity index (χ2v) is 6.91. The molecule has 5 nitrogen and oxygen atoms in total. The molecule has 0 N–H and O–H groups in total. The van der Waals surface area contributed by atoms with Gasteiger partial charge in [-0.3, -0.25) is 9.78 Å². The molecule has 24 heavy (non-hydrogen) atoms. The molecule has 1 amide bonds. The van der Waals surface area contributed by atoms with Crippen molar-refractivity contribution in [1.29, 1.82) is 0 Å². The second kappa shape index (κ2) is 7.12. The van der Waals surface area contributed by atoms with Gasteiger partial charge in [0.2, 0.25) is 5.91 Å². The third kappa shape index (κ3) is 4.64. The van der Waals surface area contributed by atoms with E-state index in [4.69, 9.17) is 6.42 Å². The SMILES string of the molecule is C#CCCC1(CCC(=O)N(Cc2ccc(C)nc2)CC2CC2)N=N1. The summed E-state index contributed by atoms with van der Waals surface area (Å²) in [5.41, 5.74) is 1.70. The monoisotopic (exact) mass is 324 g/mol. The van der Waals surface area contributed by atoms with Crippen LogP contribution in [-0.4, -0.2) is 28.0 Å². The predicted molar refractivity (Wildman–Crippen MR) is 92.0 cm³/mol. The molecule has 2 heterocycles. The Bertz CT molecular complexity index is 649. The van der Waals surface area contributed by atoms with E-state index in [-0.39, 0.29) is 11.6 Å². The topological polar surface area (TPSA) is 57.9 Å². The number of pyridine rings is 1. The van der Waals surface area contributed by atoms with Crippen molar-refractivity contribution in [2.45, 2.75) is 57.7 Å². The van der Waals surface area contributed by atoms with E-state index < -0.39 is 0 Å². The molecule has 3 rings (SSSR count). The Balaban J connectivity index is 1.55. The van der Waals surface area contributed by atoms with Crippen LogP contribution < -0.4 is 0 Å². The largest absolute Gasteiger partial charge is 0.338 e. The Morgan fingerprint density at radius 1 is 1.38 bits per heavy atom. The molecule has 0 radical (unpaired) electrons. The van der Waals surface area contributed by atoms with Gasteiger partial charge in [-0.2, -0.15) is 10.2 Å². The molecular weight excluding hydrogens is 300 g/mol. The molecule has 1 aromatic heterocycles. The van der Waals surface area contributed by atoms with Gasteiger partial charge in [-0.1, -0.05) is 6.07 Å². The lowest BCUT2D eigenvalue weighted by Gasteiger charge is -2.23. The Labute approximate surface area is 143 Å². The minimum absolute atomic E-state index is 0.180. The van der Waals surface area contributed by atoms with Crippen molar-refractivity contribution in [3.05, 3.63) is 29.6 Å². The number of aromatic nitrogens is 1. The quantitative estimate of drug-likeness (QED) is 0.653. The summed E-state index contributed by atoms with van der Waals surface area (Å²) < 4.78 is 0. The number of nitrogens with zero attached hydrogens (tertiary/aromatic N) is 4. The number of hydrogen-bond acceptors (Lipinski definition) is 4. The summed E-state index contributed by atoms with van der Waals surface area (Å²) in [4.78, 5) is 19.0. The summed E-state index contributed by atoms with van der Waals surface area (Å²) in [6.07, 6.45) is 12.2. The van der Waals surface area contributed by atoms with Crippen molar-refractivity contribution in [3.8, 4) is 12.3 Å². The zero-order valence-corrected chi connectivity index (χ0v) is 14.2. The zero-order valence-electron chi connectivity index (χ0n) is 14.2. The molecule has 0 bridgehead atoms. The van der Waals surface area contributed by atoms with E-state index in [1.54, 1.807) is 0 Å². The van der Waals surface area contributed by atoms with Gasteiger partial charge in [0, 0.05) is 50.7 Å². The van der Waals surface area contributed by atoms with Crippen LogP contribution in [0.2, 0.25) is 0 Å². The highest BCUT2D eigenvalue weighted by Gasteiger charge is 2.39. The van der Waals surface area contributed by atoms with Crippen molar-refractivity contribution in [2.24, 2.45) is 16.1 Å². The lowest BCUT2D eigenvalue weighted by atomic mass is 10.0. The first-order valence-electron chi connectivity index (χ1n) is 8.67. The van der Waals surface area contributed by atoms with Crippen molar-refractivity contribution in [1.82, 2.24) is 9.88 Å². The van der Waals surface area contributed by atoms with Gasteiger partial charge >= 0.3 is 0 Å². The number of carbonyl (C=O) groups is 1. The number of rotatable bonds is 9. The number of terminal acetylenes is 1. The summed E-state index contributed by atoms with van der Waals surface area (Å²) in [6, 6.07) is 4.04. The first kappa shape index (κ1) is 16.6. The van der Waals surface area contributed by atoms with Crippen molar-refractivity contribution in [3.63, 3.8) is 0 Å². The van der Waals surface area contributed by atoms with Crippen molar-refractivity contribution in [2.75, 3.05) is 6.54 Å². The molecule has 1 aliphatic heterocycles. The summed E-state index contributed by atoms with van der Waals surface area (Å²) in [6.45, 7) is 3.45. The molecule has 1 fully saturated rings. The van der Waals surface area contributed by atoms with Crippen LogP contribution in [-0.2, 0) is 11.3 Å². The van der Waals surface area contributed by atoms with Gasteiger partial charge in [-0.05, 0) is 37.3 Å². The van der Waals surface area contributed by atoms with Crippen LogP contribution in [0, 0.1) is 25.2 Å². The number of hydrogen-bond donors (Lipinski definition) is 0. The summed E-state index contributed by atoms with van der Waals surface area (Å²) in [5, 5.41) is 8.24. The standard InChI is InChI=1S/C19H24N4O/c1-3-4-10-19(21-22-19)11-9-18(24)23(13-16-7-8-16)14-17-6-5-15(2)20-12-17/h1,5-6,12,16H,4,7-11,13-14H2,2H3. The van der Waals surface area contributed by atoms with E-state index in [1.165, 1.54) is 12.8 Å². The Kier molecular flexibility index (Phi) is 4.94. The minimum atomic E-state index is -0.376. The maximum absolute atomic E-state index is 12.7. The highest BCUT2D eigenvalue weighted by Crippen LogP contribution is 2.38. The van der Waals surface area contributed by atoms with Gasteiger partial charge in [0.25, 0.3) is 0 Å². The molecular formula is C19H24N4O. The zero-order chi connectivity index (χ0) is 17.0. The smallest absolute Gasteiger partial charge is 0.223 e. The highest BCUT2D eigenvalue weighted by atomic mass is 16.2. The van der Waals surface area contributed by atoms with Gasteiger partial charge in [0.15, 0.2) is 5.66 Å². The van der Waals surface area contributed by atoms with Crippen LogP contribution >= 0.6 is 0 Å². The molecule has 0 saturated heterocycles. The second-order valence-electron chi connectivity index (χ2n) is 6.91. The summed E-state index contributed by atoms with van der Waals surface area (Å²) >= 11 is 0. The van der Waals surface area contributed by atoms with Crippen molar-refractivity contribution < 1.29 is 4.79 Å². The molecule has 126 valence electrons. The molecule has 1 aromatic rings. The lowest BCUT2D eigenvalue weighted by molar-refractivity contribution is -0.132. The maximum Gasteiger partial charge on any atom is 0.223 e. The molecule has 0 atom stereocenters. The Morgan fingerprint density at radius 2 is 2.17 bits per heavy atom. The first-order valence-corrected chi connectivity index (χ1v) is 8.67. The Hall–Kier alpha value is -2.22. The van der Waals surface area contributed by atoms with E-state index in [0.29, 0.717) is 31.7 Å². The van der Waals surface area contributed by atoms with Gasteiger partial charge < -0.3 is 4.90 Å². The lowest BCUT2D eigenvalue weighted by Crippen LogP contribution is -2.33. The number of carbonyl (C=O) groups excluding carboxylic acids is 1. The molecule has 0 spiro atoms. The van der Waals surface area contributed by atoms with Crippen LogP contribution in [0.4, 0.5) is 0 Å². The van der Waals surface area contributed by atoms with Gasteiger partial charge in [-0.25, -0.2) is 0 Å². The highest BCUT2D eigenvalue weighted by molar-refractivity contribution is 5.76. The third-order valence-electron chi connectivity index (χ3n) is 4.67. The fourth-order valence-electron chi connectivity index (χ4n) is 2.81. The van der Waals surface area contributed by atoms with E-state index in [1.807, 2.05) is 24.1 Å². The van der Waals surface area contributed by atoms with Gasteiger partial charge in [-0.15, -0.1) is 12.3 Å². The van der Waals surface area contributed by atoms with Crippen LogP contribution in [0.15, 0.2) is 28.6 Å². The summed E-state index contributed by atoms with van der Waals surface area (Å²) in [5.74, 6) is 3.47. The summed E-state index contributed by atoms with van der Waals surface area (Å²) in [7, 11) is 0. The molecule has 0 unspecified atom stereocenters. The third-order valence-corrected chi connectivity index (χ3v) is 4.67. The van der Waals surface area contributed by atoms with Gasteiger partial charge in [0.05, 0.1) is 0 Å². The van der Waals surface area contributed by atoms with E-state index in [9.17, 15) is 4.79 Å². The molecule has 5 heteroatoms. The predicted octanol–water partition coefficient (Wildman–Crippen LogP) is 3.48.